The predicted molar refractivity (Wildman–Crippen MR) is 99.1 cm³/mol. The summed E-state index contributed by atoms with van der Waals surface area (Å²) in [6, 6.07) is 13.5. The van der Waals surface area contributed by atoms with Crippen molar-refractivity contribution in [3.8, 4) is 0 Å². The summed E-state index contributed by atoms with van der Waals surface area (Å²) >= 11 is 0. The smallest absolute Gasteiger partial charge is 0.335 e. The van der Waals surface area contributed by atoms with Crippen molar-refractivity contribution >= 4 is 23.5 Å². The molecule has 0 aliphatic carbocycles. The third-order valence-electron chi connectivity index (χ3n) is 4.52. The minimum atomic E-state index is -1.10. The van der Waals surface area contributed by atoms with Gasteiger partial charge < -0.3 is 20.4 Å². The van der Waals surface area contributed by atoms with Gasteiger partial charge in [0.25, 0.3) is 5.91 Å². The molecule has 0 saturated carbocycles. The van der Waals surface area contributed by atoms with Crippen molar-refractivity contribution in [2.45, 2.75) is 18.9 Å². The molecular weight excluding hydrogens is 348 g/mol. The Morgan fingerprint density at radius 3 is 2.52 bits per heavy atom. The van der Waals surface area contributed by atoms with Crippen LogP contribution in [0.2, 0.25) is 0 Å². The Balaban J connectivity index is 1.88. The molecule has 1 atom stereocenters. The first-order valence-electron chi connectivity index (χ1n) is 8.63. The van der Waals surface area contributed by atoms with E-state index in [0.29, 0.717) is 24.2 Å². The Hall–Kier alpha value is -3.35. The summed E-state index contributed by atoms with van der Waals surface area (Å²) in [5.41, 5.74) is 1.83. The van der Waals surface area contributed by atoms with Crippen LogP contribution in [-0.2, 0) is 11.2 Å². The lowest BCUT2D eigenvalue weighted by Gasteiger charge is -2.24. The van der Waals surface area contributed by atoms with E-state index in [0.717, 1.165) is 5.56 Å². The van der Waals surface area contributed by atoms with E-state index >= 15 is 0 Å². The molecule has 0 bridgehead atoms. The second-order valence-electron chi connectivity index (χ2n) is 6.49. The number of hydrogen-bond acceptors (Lipinski definition) is 4. The van der Waals surface area contributed by atoms with Crippen LogP contribution in [-0.4, -0.2) is 52.1 Å². The monoisotopic (exact) mass is 368 g/mol. The van der Waals surface area contributed by atoms with Crippen molar-refractivity contribution in [3.63, 3.8) is 0 Å². The summed E-state index contributed by atoms with van der Waals surface area (Å²) in [5.74, 6) is -2.33. The van der Waals surface area contributed by atoms with Gasteiger partial charge in [-0.05, 0) is 30.2 Å². The molecule has 27 heavy (non-hydrogen) atoms. The van der Waals surface area contributed by atoms with Crippen molar-refractivity contribution < 1.29 is 24.6 Å². The van der Waals surface area contributed by atoms with Crippen LogP contribution in [0.5, 0.6) is 0 Å². The summed E-state index contributed by atoms with van der Waals surface area (Å²) < 4.78 is 0. The molecule has 1 heterocycles. The van der Waals surface area contributed by atoms with Crippen molar-refractivity contribution in [2.75, 3.05) is 18.4 Å². The van der Waals surface area contributed by atoms with E-state index in [9.17, 15) is 24.6 Å². The standard InChI is InChI=1S/C20H20N2O5/c23-18(24)11-15-12-22(9-8-13-4-2-1-3-5-13)19(25)16-7-6-14(20(26)27)10-17(16)21-15/h1-7,10,15,21H,8-9,11-12H2,(H,23,24)(H,26,27). The molecule has 7 heteroatoms. The highest BCUT2D eigenvalue weighted by atomic mass is 16.4. The van der Waals surface area contributed by atoms with Crippen LogP contribution in [0.3, 0.4) is 0 Å². The molecule has 2 aromatic carbocycles. The SMILES string of the molecule is O=C(O)CC1CN(CCc2ccccc2)C(=O)c2ccc(C(=O)O)cc2N1. The van der Waals surface area contributed by atoms with Crippen LogP contribution >= 0.6 is 0 Å². The number of fused-ring (bicyclic) bond motifs is 1. The molecule has 0 spiro atoms. The van der Waals surface area contributed by atoms with E-state index in [1.54, 1.807) is 4.90 Å². The maximum absolute atomic E-state index is 13.0. The van der Waals surface area contributed by atoms with Crippen LogP contribution in [0.4, 0.5) is 5.69 Å². The van der Waals surface area contributed by atoms with Gasteiger partial charge in [-0.1, -0.05) is 30.3 Å². The van der Waals surface area contributed by atoms with Crippen LogP contribution < -0.4 is 5.32 Å². The number of anilines is 1. The van der Waals surface area contributed by atoms with Gasteiger partial charge in [0.15, 0.2) is 0 Å². The Labute approximate surface area is 156 Å². The molecule has 0 radical (unpaired) electrons. The molecule has 0 fully saturated rings. The molecule has 0 saturated heterocycles. The number of carboxylic acids is 2. The van der Waals surface area contributed by atoms with E-state index in [1.807, 2.05) is 30.3 Å². The molecule has 2 aromatic rings. The second kappa shape index (κ2) is 7.90. The maximum atomic E-state index is 13.0. The highest BCUT2D eigenvalue weighted by Gasteiger charge is 2.29. The van der Waals surface area contributed by atoms with Gasteiger partial charge in [0.1, 0.15) is 0 Å². The van der Waals surface area contributed by atoms with Gasteiger partial charge in [-0.3, -0.25) is 9.59 Å². The lowest BCUT2D eigenvalue weighted by atomic mass is 10.1. The van der Waals surface area contributed by atoms with E-state index in [4.69, 9.17) is 0 Å². The number of aliphatic carboxylic acids is 1. The molecule has 1 aliphatic rings. The van der Waals surface area contributed by atoms with Gasteiger partial charge in [0.05, 0.1) is 23.6 Å². The second-order valence-corrected chi connectivity index (χ2v) is 6.49. The highest BCUT2D eigenvalue weighted by molar-refractivity contribution is 6.02. The molecule has 0 aromatic heterocycles. The Morgan fingerprint density at radius 1 is 1.11 bits per heavy atom. The highest BCUT2D eigenvalue weighted by Crippen LogP contribution is 2.25. The average Bonchev–Trinajstić information content (AvgIpc) is 2.76. The van der Waals surface area contributed by atoms with Gasteiger partial charge in [-0.15, -0.1) is 0 Å². The maximum Gasteiger partial charge on any atom is 0.335 e. The predicted octanol–water partition coefficient (Wildman–Crippen LogP) is 2.34. The van der Waals surface area contributed by atoms with Gasteiger partial charge in [-0.2, -0.15) is 0 Å². The van der Waals surface area contributed by atoms with Gasteiger partial charge >= 0.3 is 11.9 Å². The van der Waals surface area contributed by atoms with Crippen LogP contribution in [0.1, 0.15) is 32.7 Å². The number of carboxylic acid groups (broad SMARTS) is 2. The third kappa shape index (κ3) is 4.44. The fraction of sp³-hybridized carbons (Fsp3) is 0.250. The number of benzene rings is 2. The molecule has 140 valence electrons. The minimum absolute atomic E-state index is 0.0425. The Morgan fingerprint density at radius 2 is 1.85 bits per heavy atom. The normalized spacial score (nSPS) is 16.2. The molecule has 3 N–H and O–H groups in total. The molecule has 1 amide bonds. The number of carbonyl (C=O) groups excluding carboxylic acids is 1. The van der Waals surface area contributed by atoms with E-state index in [1.165, 1.54) is 18.2 Å². The van der Waals surface area contributed by atoms with Crippen molar-refractivity contribution in [1.82, 2.24) is 4.90 Å². The zero-order valence-corrected chi connectivity index (χ0v) is 14.6. The van der Waals surface area contributed by atoms with Crippen molar-refractivity contribution in [2.24, 2.45) is 0 Å². The summed E-state index contributed by atoms with van der Waals surface area (Å²) in [4.78, 5) is 37.0. The quantitative estimate of drug-likeness (QED) is 0.722. The lowest BCUT2D eigenvalue weighted by molar-refractivity contribution is -0.137. The molecule has 7 nitrogen and oxygen atoms in total. The van der Waals surface area contributed by atoms with Gasteiger partial charge in [0.2, 0.25) is 0 Å². The number of aromatic carboxylic acids is 1. The number of amides is 1. The summed E-state index contributed by atoms with van der Waals surface area (Å²) in [7, 11) is 0. The summed E-state index contributed by atoms with van der Waals surface area (Å²) in [6.07, 6.45) is 0.473. The van der Waals surface area contributed by atoms with Crippen molar-refractivity contribution in [1.29, 1.82) is 0 Å². The summed E-state index contributed by atoms with van der Waals surface area (Å²) in [6.45, 7) is 0.676. The van der Waals surface area contributed by atoms with Crippen LogP contribution in [0.15, 0.2) is 48.5 Å². The van der Waals surface area contributed by atoms with Gasteiger partial charge in [0, 0.05) is 18.8 Å². The third-order valence-corrected chi connectivity index (χ3v) is 4.52. The first kappa shape index (κ1) is 18.4. The number of hydrogen-bond donors (Lipinski definition) is 3. The van der Waals surface area contributed by atoms with E-state index in [-0.39, 0.29) is 24.4 Å². The number of rotatable bonds is 6. The van der Waals surface area contributed by atoms with E-state index in [2.05, 4.69) is 5.32 Å². The Bertz CT molecular complexity index is 866. The van der Waals surface area contributed by atoms with Crippen LogP contribution in [0.25, 0.3) is 0 Å². The van der Waals surface area contributed by atoms with E-state index < -0.39 is 18.0 Å². The first-order valence-corrected chi connectivity index (χ1v) is 8.63. The Kier molecular flexibility index (Phi) is 5.40. The molecular formula is C20H20N2O5. The fourth-order valence-corrected chi connectivity index (χ4v) is 3.20. The molecule has 3 rings (SSSR count). The molecule has 1 unspecified atom stereocenters. The first-order chi connectivity index (χ1) is 12.9. The van der Waals surface area contributed by atoms with Crippen LogP contribution in [0, 0.1) is 0 Å². The number of carbonyl (C=O) groups is 3. The fourth-order valence-electron chi connectivity index (χ4n) is 3.20. The summed E-state index contributed by atoms with van der Waals surface area (Å²) in [5, 5.41) is 21.4. The largest absolute Gasteiger partial charge is 0.481 e. The number of nitrogens with one attached hydrogen (secondary N) is 1. The van der Waals surface area contributed by atoms with Gasteiger partial charge in [-0.25, -0.2) is 4.79 Å². The lowest BCUT2D eigenvalue weighted by Crippen LogP contribution is -2.39. The average molecular weight is 368 g/mol. The number of nitrogens with zero attached hydrogens (tertiary/aromatic N) is 1. The zero-order valence-electron chi connectivity index (χ0n) is 14.6. The minimum Gasteiger partial charge on any atom is -0.481 e. The van der Waals surface area contributed by atoms with Crippen molar-refractivity contribution in [3.05, 3.63) is 65.2 Å². The zero-order chi connectivity index (χ0) is 19.4. The molecule has 1 aliphatic heterocycles. The topological polar surface area (TPSA) is 107 Å².